The van der Waals surface area contributed by atoms with E-state index in [1.165, 1.54) is 0 Å². The summed E-state index contributed by atoms with van der Waals surface area (Å²) in [6.45, 7) is 4.19. The van der Waals surface area contributed by atoms with Gasteiger partial charge in [0.15, 0.2) is 0 Å². The smallest absolute Gasteiger partial charge is 0.221 e. The third-order valence-electron chi connectivity index (χ3n) is 1.71. The molecule has 0 bridgehead atoms. The third kappa shape index (κ3) is 0.761. The molecule has 1 aromatic rings. The highest BCUT2D eigenvalue weighted by Gasteiger charge is 2.14. The lowest BCUT2D eigenvalue weighted by Gasteiger charge is -2.19. The van der Waals surface area contributed by atoms with Crippen LogP contribution in [-0.4, -0.2) is 21.3 Å². The van der Waals surface area contributed by atoms with Gasteiger partial charge in [0, 0.05) is 13.1 Å². The van der Waals surface area contributed by atoms with Crippen LogP contribution >= 0.6 is 0 Å². The summed E-state index contributed by atoms with van der Waals surface area (Å²) >= 11 is 0. The standard InChI is InChI=1S/C6H10N4/c1-5-2-7-6-8-4-9-10(6)3-5/h4-5H,2-3H2,1H3,(H,7,8,9)/t5-/m1/s1. The van der Waals surface area contributed by atoms with Crippen LogP contribution in [0.2, 0.25) is 0 Å². The molecule has 1 atom stereocenters. The highest BCUT2D eigenvalue weighted by atomic mass is 15.4. The molecule has 4 nitrogen and oxygen atoms in total. The maximum atomic E-state index is 4.05. The zero-order valence-corrected chi connectivity index (χ0v) is 5.91. The molecule has 4 heteroatoms. The number of hydrogen-bond donors (Lipinski definition) is 1. The van der Waals surface area contributed by atoms with E-state index in [2.05, 4.69) is 22.3 Å². The molecular weight excluding hydrogens is 128 g/mol. The van der Waals surface area contributed by atoms with Crippen molar-refractivity contribution in [3.63, 3.8) is 0 Å². The Morgan fingerprint density at radius 2 is 2.70 bits per heavy atom. The lowest BCUT2D eigenvalue weighted by molar-refractivity contribution is 0.443. The number of nitrogens with zero attached hydrogens (tertiary/aromatic N) is 3. The van der Waals surface area contributed by atoms with Crippen molar-refractivity contribution in [1.82, 2.24) is 14.8 Å². The lowest BCUT2D eigenvalue weighted by Crippen LogP contribution is -2.25. The van der Waals surface area contributed by atoms with E-state index in [0.29, 0.717) is 5.92 Å². The van der Waals surface area contributed by atoms with Crippen molar-refractivity contribution in [3.05, 3.63) is 6.33 Å². The van der Waals surface area contributed by atoms with Crippen LogP contribution in [0.1, 0.15) is 6.92 Å². The van der Waals surface area contributed by atoms with E-state index in [0.717, 1.165) is 19.0 Å². The number of hydrogen-bond acceptors (Lipinski definition) is 3. The van der Waals surface area contributed by atoms with Crippen molar-refractivity contribution in [1.29, 1.82) is 0 Å². The number of rotatable bonds is 0. The van der Waals surface area contributed by atoms with Gasteiger partial charge in [-0.2, -0.15) is 10.1 Å². The molecule has 1 N–H and O–H groups in total. The largest absolute Gasteiger partial charge is 0.354 e. The molecule has 0 spiro atoms. The monoisotopic (exact) mass is 138 g/mol. The summed E-state index contributed by atoms with van der Waals surface area (Å²) in [4.78, 5) is 4.03. The van der Waals surface area contributed by atoms with E-state index in [4.69, 9.17) is 0 Å². The van der Waals surface area contributed by atoms with Gasteiger partial charge in [-0.05, 0) is 5.92 Å². The van der Waals surface area contributed by atoms with Gasteiger partial charge in [-0.1, -0.05) is 6.92 Å². The Balaban J connectivity index is 2.30. The predicted octanol–water partition coefficient (Wildman–Crippen LogP) is 0.340. The second kappa shape index (κ2) is 1.97. The van der Waals surface area contributed by atoms with Crippen LogP contribution in [0.15, 0.2) is 6.33 Å². The first kappa shape index (κ1) is 5.70. The molecule has 1 aromatic heterocycles. The molecule has 2 heterocycles. The Bertz CT molecular complexity index is 229. The molecule has 0 amide bonds. The molecule has 54 valence electrons. The first-order valence-corrected chi connectivity index (χ1v) is 3.48. The molecule has 0 unspecified atom stereocenters. The topological polar surface area (TPSA) is 42.7 Å². The minimum atomic E-state index is 0.661. The Morgan fingerprint density at radius 3 is 3.60 bits per heavy atom. The van der Waals surface area contributed by atoms with E-state index < -0.39 is 0 Å². The Kier molecular flexibility index (Phi) is 1.12. The fourth-order valence-electron chi connectivity index (χ4n) is 1.16. The molecular formula is C6H10N4. The molecule has 1 aliphatic heterocycles. The Hall–Kier alpha value is -1.06. The average Bonchev–Trinajstić information content (AvgIpc) is 2.33. The molecule has 0 saturated heterocycles. The van der Waals surface area contributed by atoms with E-state index >= 15 is 0 Å². The third-order valence-corrected chi connectivity index (χ3v) is 1.71. The van der Waals surface area contributed by atoms with Crippen LogP contribution in [0.5, 0.6) is 0 Å². The van der Waals surface area contributed by atoms with Crippen molar-refractivity contribution in [3.8, 4) is 0 Å². The Labute approximate surface area is 59.3 Å². The van der Waals surface area contributed by atoms with Gasteiger partial charge in [0.05, 0.1) is 0 Å². The van der Waals surface area contributed by atoms with Gasteiger partial charge in [-0.25, -0.2) is 4.68 Å². The van der Waals surface area contributed by atoms with Gasteiger partial charge < -0.3 is 5.32 Å². The van der Waals surface area contributed by atoms with Gasteiger partial charge in [0.2, 0.25) is 5.95 Å². The van der Waals surface area contributed by atoms with Gasteiger partial charge in [0.25, 0.3) is 0 Å². The maximum Gasteiger partial charge on any atom is 0.221 e. The zero-order valence-electron chi connectivity index (χ0n) is 5.91. The summed E-state index contributed by atoms with van der Waals surface area (Å²) in [5.41, 5.74) is 0. The molecule has 2 rings (SSSR count). The SMILES string of the molecule is C[C@@H]1CNc2ncnn2C1. The van der Waals surface area contributed by atoms with Crippen molar-refractivity contribution >= 4 is 5.95 Å². The summed E-state index contributed by atoms with van der Waals surface area (Å²) in [5.74, 6) is 1.56. The molecule has 0 aliphatic carbocycles. The first-order chi connectivity index (χ1) is 4.86. The fourth-order valence-corrected chi connectivity index (χ4v) is 1.16. The minimum absolute atomic E-state index is 0.661. The van der Waals surface area contributed by atoms with E-state index in [-0.39, 0.29) is 0 Å². The van der Waals surface area contributed by atoms with Crippen LogP contribution in [0.3, 0.4) is 0 Å². The van der Waals surface area contributed by atoms with Crippen molar-refractivity contribution in [2.45, 2.75) is 13.5 Å². The van der Waals surface area contributed by atoms with Gasteiger partial charge >= 0.3 is 0 Å². The molecule has 0 fully saturated rings. The van der Waals surface area contributed by atoms with Gasteiger partial charge in [-0.3, -0.25) is 0 Å². The lowest BCUT2D eigenvalue weighted by atomic mass is 10.1. The van der Waals surface area contributed by atoms with Crippen LogP contribution in [-0.2, 0) is 6.54 Å². The minimum Gasteiger partial charge on any atom is -0.354 e. The van der Waals surface area contributed by atoms with Crippen LogP contribution < -0.4 is 5.32 Å². The number of nitrogens with one attached hydrogen (secondary N) is 1. The van der Waals surface area contributed by atoms with E-state index in [9.17, 15) is 0 Å². The second-order valence-electron chi connectivity index (χ2n) is 2.75. The second-order valence-corrected chi connectivity index (χ2v) is 2.75. The molecule has 0 aromatic carbocycles. The summed E-state index contributed by atoms with van der Waals surface area (Å²) in [6, 6.07) is 0. The Morgan fingerprint density at radius 1 is 1.80 bits per heavy atom. The quantitative estimate of drug-likeness (QED) is 0.562. The highest BCUT2D eigenvalue weighted by Crippen LogP contribution is 2.11. The normalized spacial score (nSPS) is 23.5. The molecule has 10 heavy (non-hydrogen) atoms. The number of anilines is 1. The number of aromatic nitrogens is 3. The highest BCUT2D eigenvalue weighted by molar-refractivity contribution is 5.24. The molecule has 1 aliphatic rings. The fraction of sp³-hybridized carbons (Fsp3) is 0.667. The van der Waals surface area contributed by atoms with Crippen LogP contribution in [0.4, 0.5) is 5.95 Å². The number of fused-ring (bicyclic) bond motifs is 1. The average molecular weight is 138 g/mol. The molecule has 0 radical (unpaired) electrons. The zero-order chi connectivity index (χ0) is 6.97. The van der Waals surface area contributed by atoms with Gasteiger partial charge in [-0.15, -0.1) is 0 Å². The van der Waals surface area contributed by atoms with Gasteiger partial charge in [0.1, 0.15) is 6.33 Å². The summed E-state index contributed by atoms with van der Waals surface area (Å²) in [6.07, 6.45) is 1.58. The van der Waals surface area contributed by atoms with Crippen LogP contribution in [0.25, 0.3) is 0 Å². The molecule has 0 saturated carbocycles. The van der Waals surface area contributed by atoms with Crippen molar-refractivity contribution < 1.29 is 0 Å². The predicted molar refractivity (Wildman–Crippen MR) is 37.7 cm³/mol. The summed E-state index contributed by atoms with van der Waals surface area (Å²) in [5, 5.41) is 7.23. The first-order valence-electron chi connectivity index (χ1n) is 3.48. The van der Waals surface area contributed by atoms with Crippen molar-refractivity contribution in [2.24, 2.45) is 5.92 Å². The van der Waals surface area contributed by atoms with Crippen LogP contribution in [0, 0.1) is 5.92 Å². The van der Waals surface area contributed by atoms with Crippen molar-refractivity contribution in [2.75, 3.05) is 11.9 Å². The summed E-state index contributed by atoms with van der Waals surface area (Å²) in [7, 11) is 0. The van der Waals surface area contributed by atoms with E-state index in [1.807, 2.05) is 4.68 Å². The summed E-state index contributed by atoms with van der Waals surface area (Å²) < 4.78 is 1.90. The maximum absolute atomic E-state index is 4.05. The van der Waals surface area contributed by atoms with E-state index in [1.54, 1.807) is 6.33 Å².